The molecule has 1 aromatic rings. The van der Waals surface area contributed by atoms with E-state index in [9.17, 15) is 14.4 Å². The van der Waals surface area contributed by atoms with Crippen LogP contribution in [0, 0.1) is 23.2 Å². The molecule has 4 aliphatic carbocycles. The molecule has 9 nitrogen and oxygen atoms in total. The van der Waals surface area contributed by atoms with Gasteiger partial charge < -0.3 is 29.6 Å². The molecule has 4 bridgehead atoms. The first-order valence-corrected chi connectivity index (χ1v) is 15.2. The molecular formula is C29H42N2O7S. The molecule has 216 valence electrons. The van der Waals surface area contributed by atoms with Gasteiger partial charge in [0.25, 0.3) is 11.8 Å². The van der Waals surface area contributed by atoms with Gasteiger partial charge in [0.15, 0.2) is 18.1 Å². The first-order chi connectivity index (χ1) is 18.7. The Bertz CT molecular complexity index is 1000. The summed E-state index contributed by atoms with van der Waals surface area (Å²) < 4.78 is 21.4. The van der Waals surface area contributed by atoms with E-state index < -0.39 is 17.9 Å². The molecule has 0 aromatic heterocycles. The quantitative estimate of drug-likeness (QED) is 0.349. The maximum Gasteiger partial charge on any atom is 0.329 e. The molecule has 2 amide bonds. The monoisotopic (exact) mass is 562 g/mol. The SMILES string of the molecule is COc1cc(C(=O)N[C@@H](CCSC)C(=O)OCC(=O)N[C@H](C)C23CC4CC(CC(C4)C2)C3)cc(OC)c1OC. The fourth-order valence-electron chi connectivity index (χ4n) is 7.32. The number of amides is 2. The van der Waals surface area contributed by atoms with Crippen LogP contribution in [0.1, 0.15) is 62.2 Å². The molecule has 2 atom stereocenters. The molecule has 4 fully saturated rings. The molecule has 0 radical (unpaired) electrons. The Morgan fingerprint density at radius 1 is 0.949 bits per heavy atom. The van der Waals surface area contributed by atoms with Gasteiger partial charge in [0.2, 0.25) is 5.75 Å². The highest BCUT2D eigenvalue weighted by Crippen LogP contribution is 2.61. The van der Waals surface area contributed by atoms with Crippen molar-refractivity contribution in [2.75, 3.05) is 39.9 Å². The summed E-state index contributed by atoms with van der Waals surface area (Å²) in [5.74, 6) is 2.60. The van der Waals surface area contributed by atoms with E-state index in [1.54, 1.807) is 11.8 Å². The van der Waals surface area contributed by atoms with Gasteiger partial charge in [0, 0.05) is 11.6 Å². The van der Waals surface area contributed by atoms with Crippen molar-refractivity contribution in [1.82, 2.24) is 10.6 Å². The van der Waals surface area contributed by atoms with Crippen LogP contribution in [0.4, 0.5) is 0 Å². The number of ether oxygens (including phenoxy) is 4. The third-order valence-electron chi connectivity index (χ3n) is 8.85. The van der Waals surface area contributed by atoms with Gasteiger partial charge in [-0.25, -0.2) is 4.79 Å². The Hall–Kier alpha value is -2.62. The van der Waals surface area contributed by atoms with Crippen LogP contribution in [0.2, 0.25) is 0 Å². The number of methoxy groups -OCH3 is 3. The standard InChI is InChI=1S/C29H42N2O7S/c1-17(29-13-18-8-19(14-29)10-20(9-18)15-29)30-25(32)16-38-28(34)22(6-7-39-5)31-27(33)21-11-23(35-2)26(37-4)24(12-21)36-3/h11-12,17-20,22H,6-10,13-16H2,1-5H3,(H,30,32)(H,31,33)/t17-,18?,19?,20?,22+,29?/m1/s1. The largest absolute Gasteiger partial charge is 0.493 e. The zero-order valence-corrected chi connectivity index (χ0v) is 24.5. The minimum atomic E-state index is -0.905. The Balaban J connectivity index is 1.35. The highest BCUT2D eigenvalue weighted by molar-refractivity contribution is 7.98. The number of esters is 1. The molecule has 0 spiro atoms. The lowest BCUT2D eigenvalue weighted by Gasteiger charge is -2.59. The smallest absolute Gasteiger partial charge is 0.329 e. The maximum absolute atomic E-state index is 13.1. The number of thioether (sulfide) groups is 1. The van der Waals surface area contributed by atoms with E-state index in [4.69, 9.17) is 18.9 Å². The lowest BCUT2D eigenvalue weighted by Crippen LogP contribution is -2.56. The van der Waals surface area contributed by atoms with Crippen LogP contribution >= 0.6 is 11.8 Å². The lowest BCUT2D eigenvalue weighted by molar-refractivity contribution is -0.151. The predicted octanol–water partition coefficient (Wildman–Crippen LogP) is 3.83. The van der Waals surface area contributed by atoms with E-state index in [0.29, 0.717) is 29.4 Å². The van der Waals surface area contributed by atoms with Crippen LogP contribution in [0.5, 0.6) is 17.2 Å². The number of benzene rings is 1. The molecule has 4 aliphatic rings. The number of hydrogen-bond acceptors (Lipinski definition) is 8. The molecule has 0 heterocycles. The lowest BCUT2D eigenvalue weighted by atomic mass is 9.48. The molecule has 39 heavy (non-hydrogen) atoms. The molecule has 1 aromatic carbocycles. The highest BCUT2D eigenvalue weighted by atomic mass is 32.2. The molecule has 2 N–H and O–H groups in total. The van der Waals surface area contributed by atoms with Crippen LogP contribution in [0.3, 0.4) is 0 Å². The van der Waals surface area contributed by atoms with E-state index in [1.807, 2.05) is 6.26 Å². The zero-order valence-electron chi connectivity index (χ0n) is 23.7. The van der Waals surface area contributed by atoms with Crippen LogP contribution < -0.4 is 24.8 Å². The van der Waals surface area contributed by atoms with Crippen LogP contribution in [0.25, 0.3) is 0 Å². The molecular weight excluding hydrogens is 520 g/mol. The summed E-state index contributed by atoms with van der Waals surface area (Å²) in [4.78, 5) is 38.9. The second kappa shape index (κ2) is 12.7. The van der Waals surface area contributed by atoms with Crippen molar-refractivity contribution in [1.29, 1.82) is 0 Å². The van der Waals surface area contributed by atoms with Gasteiger partial charge in [-0.3, -0.25) is 9.59 Å². The van der Waals surface area contributed by atoms with Crippen molar-refractivity contribution < 1.29 is 33.3 Å². The van der Waals surface area contributed by atoms with Gasteiger partial charge in [-0.05, 0) is 99.2 Å². The van der Waals surface area contributed by atoms with Crippen molar-refractivity contribution in [2.24, 2.45) is 23.2 Å². The Morgan fingerprint density at radius 2 is 1.51 bits per heavy atom. The molecule has 5 rings (SSSR count). The third-order valence-corrected chi connectivity index (χ3v) is 9.50. The summed E-state index contributed by atoms with van der Waals surface area (Å²) in [6.07, 6.45) is 9.87. The number of carbonyl (C=O) groups is 3. The second-order valence-electron chi connectivity index (χ2n) is 11.4. The van der Waals surface area contributed by atoms with Gasteiger partial charge >= 0.3 is 5.97 Å². The highest BCUT2D eigenvalue weighted by Gasteiger charge is 2.53. The van der Waals surface area contributed by atoms with Crippen LogP contribution in [-0.2, 0) is 14.3 Å². The molecule has 0 aliphatic heterocycles. The molecule has 0 unspecified atom stereocenters. The number of nitrogens with one attached hydrogen (secondary N) is 2. The minimum absolute atomic E-state index is 0.0455. The average Bonchev–Trinajstić information content (AvgIpc) is 2.92. The normalized spacial score (nSPS) is 26.3. The topological polar surface area (TPSA) is 112 Å². The van der Waals surface area contributed by atoms with Crippen molar-refractivity contribution in [3.05, 3.63) is 17.7 Å². The zero-order chi connectivity index (χ0) is 28.2. The van der Waals surface area contributed by atoms with Gasteiger partial charge in [-0.2, -0.15) is 11.8 Å². The van der Waals surface area contributed by atoms with Crippen LogP contribution in [0.15, 0.2) is 12.1 Å². The molecule has 10 heteroatoms. The second-order valence-corrected chi connectivity index (χ2v) is 12.4. The first-order valence-electron chi connectivity index (χ1n) is 13.8. The summed E-state index contributed by atoms with van der Waals surface area (Å²) in [5, 5.41) is 5.88. The van der Waals surface area contributed by atoms with Crippen molar-refractivity contribution >= 4 is 29.5 Å². The summed E-state index contributed by atoms with van der Waals surface area (Å²) >= 11 is 1.55. The molecule has 0 saturated heterocycles. The predicted molar refractivity (Wildman–Crippen MR) is 150 cm³/mol. The van der Waals surface area contributed by atoms with E-state index in [-0.39, 0.29) is 29.5 Å². The summed E-state index contributed by atoms with van der Waals surface area (Å²) in [7, 11) is 4.41. The van der Waals surface area contributed by atoms with Gasteiger partial charge in [-0.15, -0.1) is 0 Å². The fourth-order valence-corrected chi connectivity index (χ4v) is 7.79. The van der Waals surface area contributed by atoms with Crippen molar-refractivity contribution in [3.8, 4) is 17.2 Å². The third kappa shape index (κ3) is 6.58. The fraction of sp³-hybridized carbons (Fsp3) is 0.690. The number of carbonyl (C=O) groups excluding carboxylic acids is 3. The molecule has 4 saturated carbocycles. The summed E-state index contributed by atoms with van der Waals surface area (Å²) in [6.45, 7) is 1.73. The summed E-state index contributed by atoms with van der Waals surface area (Å²) in [5.41, 5.74) is 0.414. The van der Waals surface area contributed by atoms with Crippen molar-refractivity contribution in [3.63, 3.8) is 0 Å². The Kier molecular flexibility index (Phi) is 9.56. The van der Waals surface area contributed by atoms with Gasteiger partial charge in [-0.1, -0.05) is 0 Å². The minimum Gasteiger partial charge on any atom is -0.493 e. The Morgan fingerprint density at radius 3 is 2.00 bits per heavy atom. The summed E-state index contributed by atoms with van der Waals surface area (Å²) in [6, 6.07) is 2.18. The van der Waals surface area contributed by atoms with E-state index in [0.717, 1.165) is 17.8 Å². The van der Waals surface area contributed by atoms with Gasteiger partial charge in [0.1, 0.15) is 6.04 Å². The van der Waals surface area contributed by atoms with E-state index in [1.165, 1.54) is 72.0 Å². The average molecular weight is 563 g/mol. The van der Waals surface area contributed by atoms with Crippen LogP contribution in [-0.4, -0.2) is 69.8 Å². The Labute approximate surface area is 235 Å². The van der Waals surface area contributed by atoms with Crippen molar-refractivity contribution in [2.45, 2.75) is 64.0 Å². The number of hydrogen-bond donors (Lipinski definition) is 2. The van der Waals surface area contributed by atoms with E-state index >= 15 is 0 Å². The maximum atomic E-state index is 13.1. The van der Waals surface area contributed by atoms with E-state index in [2.05, 4.69) is 17.6 Å². The first kappa shape index (κ1) is 29.4. The van der Waals surface area contributed by atoms with Gasteiger partial charge in [0.05, 0.1) is 21.3 Å². The number of rotatable bonds is 13.